The van der Waals surface area contributed by atoms with E-state index in [9.17, 15) is 9.59 Å². The molecule has 1 aromatic heterocycles. The van der Waals surface area contributed by atoms with Gasteiger partial charge >= 0.3 is 5.97 Å². The molecule has 29 heavy (non-hydrogen) atoms. The summed E-state index contributed by atoms with van der Waals surface area (Å²) in [6.45, 7) is 4.38. The topological polar surface area (TPSA) is 101 Å². The highest BCUT2D eigenvalue weighted by Gasteiger charge is 2.19. The number of fused-ring (bicyclic) bond motifs is 1. The quantitative estimate of drug-likeness (QED) is 0.574. The second-order valence-corrected chi connectivity index (χ2v) is 6.47. The minimum atomic E-state index is -0.615. The van der Waals surface area contributed by atoms with Crippen LogP contribution in [0.25, 0.3) is 11.0 Å². The lowest BCUT2D eigenvalue weighted by atomic mass is 10.2. The van der Waals surface area contributed by atoms with Gasteiger partial charge in [-0.15, -0.1) is 5.10 Å². The molecule has 2 aromatic carbocycles. The second kappa shape index (κ2) is 8.97. The normalized spacial score (nSPS) is 10.5. The molecule has 3 rings (SSSR count). The van der Waals surface area contributed by atoms with Gasteiger partial charge in [0.05, 0.1) is 23.6 Å². The van der Waals surface area contributed by atoms with Crippen LogP contribution in [0.3, 0.4) is 0 Å². The molecule has 0 spiro atoms. The van der Waals surface area contributed by atoms with Crippen LogP contribution in [0, 0.1) is 18.3 Å². The van der Waals surface area contributed by atoms with Gasteiger partial charge < -0.3 is 9.64 Å². The van der Waals surface area contributed by atoms with Gasteiger partial charge in [-0.1, -0.05) is 22.9 Å². The van der Waals surface area contributed by atoms with Gasteiger partial charge in [0.1, 0.15) is 5.52 Å². The van der Waals surface area contributed by atoms with E-state index in [0.717, 1.165) is 11.1 Å². The molecule has 3 aromatic rings. The van der Waals surface area contributed by atoms with Crippen molar-refractivity contribution < 1.29 is 14.3 Å². The molecule has 148 valence electrons. The minimum Gasteiger partial charge on any atom is -0.452 e. The molecule has 8 heteroatoms. The largest absolute Gasteiger partial charge is 0.452 e. The Balaban J connectivity index is 1.69. The zero-order valence-corrected chi connectivity index (χ0v) is 16.3. The number of aryl methyl sites for hydroxylation is 2. The first-order valence-corrected chi connectivity index (χ1v) is 9.28. The van der Waals surface area contributed by atoms with Crippen LogP contribution in [0.2, 0.25) is 0 Å². The number of rotatable bonds is 7. The molecule has 0 aliphatic rings. The summed E-state index contributed by atoms with van der Waals surface area (Å²) in [5, 5.41) is 16.9. The Labute approximate surface area is 168 Å². The van der Waals surface area contributed by atoms with Gasteiger partial charge in [0.25, 0.3) is 5.91 Å². The first-order valence-electron chi connectivity index (χ1n) is 9.28. The summed E-state index contributed by atoms with van der Waals surface area (Å²) in [5.74, 6) is -1.01. The molecule has 0 aliphatic carbocycles. The number of nitriles is 1. The van der Waals surface area contributed by atoms with Crippen LogP contribution < -0.4 is 4.90 Å². The number of esters is 1. The highest BCUT2D eigenvalue weighted by atomic mass is 16.5. The van der Waals surface area contributed by atoms with Crippen molar-refractivity contribution in [1.29, 1.82) is 5.26 Å². The fraction of sp³-hybridized carbons (Fsp3) is 0.286. The van der Waals surface area contributed by atoms with Gasteiger partial charge in [-0.05, 0) is 44.2 Å². The first kappa shape index (κ1) is 20.0. The summed E-state index contributed by atoms with van der Waals surface area (Å²) in [5.41, 5.74) is 3.42. The van der Waals surface area contributed by atoms with E-state index in [2.05, 4.69) is 10.3 Å². The monoisotopic (exact) mass is 391 g/mol. The van der Waals surface area contributed by atoms with Crippen molar-refractivity contribution in [3.63, 3.8) is 0 Å². The van der Waals surface area contributed by atoms with Gasteiger partial charge in [-0.25, -0.2) is 9.48 Å². The Morgan fingerprint density at radius 1 is 1.21 bits per heavy atom. The Morgan fingerprint density at radius 2 is 1.97 bits per heavy atom. The summed E-state index contributed by atoms with van der Waals surface area (Å²) in [6, 6.07) is 14.4. The van der Waals surface area contributed by atoms with Gasteiger partial charge in [0.2, 0.25) is 0 Å². The number of nitrogens with zero attached hydrogens (tertiary/aromatic N) is 5. The van der Waals surface area contributed by atoms with Crippen molar-refractivity contribution in [1.82, 2.24) is 15.0 Å². The molecule has 0 atom stereocenters. The molecule has 0 aliphatic heterocycles. The predicted octanol–water partition coefficient (Wildman–Crippen LogP) is 2.86. The molecule has 1 heterocycles. The maximum absolute atomic E-state index is 12.6. The zero-order valence-electron chi connectivity index (χ0n) is 16.3. The van der Waals surface area contributed by atoms with E-state index in [1.165, 1.54) is 4.90 Å². The standard InChI is InChI=1S/C21H21N5O3/c1-3-26-19-10-7-16(13-18(19)23-24-26)21(28)29-14-20(27)25(12-4-11-22)17-8-5-15(2)6-9-17/h5-10,13H,3-4,12,14H2,1-2H3. The third-order valence-electron chi connectivity index (χ3n) is 4.47. The molecule has 0 fully saturated rings. The smallest absolute Gasteiger partial charge is 0.338 e. The molecular formula is C21H21N5O3. The first-order chi connectivity index (χ1) is 14.0. The summed E-state index contributed by atoms with van der Waals surface area (Å²) >= 11 is 0. The fourth-order valence-electron chi connectivity index (χ4n) is 2.91. The van der Waals surface area contributed by atoms with Crippen molar-refractivity contribution in [2.45, 2.75) is 26.8 Å². The van der Waals surface area contributed by atoms with Crippen molar-refractivity contribution in [3.8, 4) is 6.07 Å². The Kier molecular flexibility index (Phi) is 6.19. The molecular weight excluding hydrogens is 370 g/mol. The highest BCUT2D eigenvalue weighted by Crippen LogP contribution is 2.17. The molecule has 0 saturated carbocycles. The molecule has 1 amide bonds. The number of benzene rings is 2. The van der Waals surface area contributed by atoms with Gasteiger partial charge in [0, 0.05) is 18.8 Å². The third kappa shape index (κ3) is 4.58. The predicted molar refractivity (Wildman–Crippen MR) is 107 cm³/mol. The van der Waals surface area contributed by atoms with E-state index >= 15 is 0 Å². The third-order valence-corrected chi connectivity index (χ3v) is 4.47. The van der Waals surface area contributed by atoms with Crippen LogP contribution in [0.5, 0.6) is 0 Å². The van der Waals surface area contributed by atoms with Gasteiger partial charge in [-0.2, -0.15) is 5.26 Å². The SMILES string of the molecule is CCn1nnc2cc(C(=O)OCC(=O)N(CCC#N)c3ccc(C)cc3)ccc21. The molecule has 8 nitrogen and oxygen atoms in total. The zero-order chi connectivity index (χ0) is 20.8. The lowest BCUT2D eigenvalue weighted by molar-refractivity contribution is -0.121. The number of carbonyl (C=O) groups is 2. The maximum atomic E-state index is 12.6. The van der Waals surface area contributed by atoms with Crippen LogP contribution >= 0.6 is 0 Å². The highest BCUT2D eigenvalue weighted by molar-refractivity contribution is 5.98. The van der Waals surface area contributed by atoms with Crippen molar-refractivity contribution in [3.05, 3.63) is 53.6 Å². The number of hydrogen-bond donors (Lipinski definition) is 0. The van der Waals surface area contributed by atoms with E-state index in [1.54, 1.807) is 35.0 Å². The van der Waals surface area contributed by atoms with E-state index < -0.39 is 18.5 Å². The average molecular weight is 391 g/mol. The van der Waals surface area contributed by atoms with E-state index in [-0.39, 0.29) is 13.0 Å². The summed E-state index contributed by atoms with van der Waals surface area (Å²) < 4.78 is 6.93. The molecule has 0 unspecified atom stereocenters. The molecule has 0 radical (unpaired) electrons. The van der Waals surface area contributed by atoms with Crippen molar-refractivity contribution in [2.24, 2.45) is 0 Å². The van der Waals surface area contributed by atoms with Crippen LogP contribution in [-0.4, -0.2) is 40.0 Å². The lowest BCUT2D eigenvalue weighted by Gasteiger charge is -2.21. The van der Waals surface area contributed by atoms with Crippen molar-refractivity contribution >= 4 is 28.6 Å². The summed E-state index contributed by atoms with van der Waals surface area (Å²) in [6.07, 6.45) is 0.178. The number of carbonyl (C=O) groups excluding carboxylic acids is 2. The minimum absolute atomic E-state index is 0.178. The Hall–Kier alpha value is -3.73. The maximum Gasteiger partial charge on any atom is 0.338 e. The average Bonchev–Trinajstić information content (AvgIpc) is 3.15. The Bertz CT molecular complexity index is 1070. The van der Waals surface area contributed by atoms with Crippen LogP contribution in [0.4, 0.5) is 5.69 Å². The van der Waals surface area contributed by atoms with Crippen molar-refractivity contribution in [2.75, 3.05) is 18.1 Å². The summed E-state index contributed by atoms with van der Waals surface area (Å²) in [7, 11) is 0. The van der Waals surface area contributed by atoms with Gasteiger partial charge in [0.15, 0.2) is 6.61 Å². The number of anilines is 1. The molecule has 0 saturated heterocycles. The van der Waals surface area contributed by atoms with E-state index in [1.807, 2.05) is 32.0 Å². The van der Waals surface area contributed by atoms with E-state index in [0.29, 0.717) is 23.3 Å². The Morgan fingerprint density at radius 3 is 2.66 bits per heavy atom. The lowest BCUT2D eigenvalue weighted by Crippen LogP contribution is -2.35. The molecule has 0 bridgehead atoms. The number of hydrogen-bond acceptors (Lipinski definition) is 6. The number of amides is 1. The van der Waals surface area contributed by atoms with Crippen LogP contribution in [0.1, 0.15) is 29.3 Å². The van der Waals surface area contributed by atoms with Crippen LogP contribution in [0.15, 0.2) is 42.5 Å². The second-order valence-electron chi connectivity index (χ2n) is 6.47. The van der Waals surface area contributed by atoms with E-state index in [4.69, 9.17) is 10.00 Å². The van der Waals surface area contributed by atoms with Gasteiger partial charge in [-0.3, -0.25) is 4.79 Å². The van der Waals surface area contributed by atoms with Crippen LogP contribution in [-0.2, 0) is 16.1 Å². The number of aromatic nitrogens is 3. The molecule has 0 N–H and O–H groups in total. The summed E-state index contributed by atoms with van der Waals surface area (Å²) in [4.78, 5) is 26.5. The number of ether oxygens (including phenoxy) is 1. The fourth-order valence-corrected chi connectivity index (χ4v) is 2.91.